The summed E-state index contributed by atoms with van der Waals surface area (Å²) in [6.07, 6.45) is -4.51. The summed E-state index contributed by atoms with van der Waals surface area (Å²) in [5, 5.41) is -1.21. The molecule has 0 fully saturated rings. The summed E-state index contributed by atoms with van der Waals surface area (Å²) in [5.41, 5.74) is 4.77. The summed E-state index contributed by atoms with van der Waals surface area (Å²) in [6.45, 7) is -0.314. The van der Waals surface area contributed by atoms with Crippen molar-refractivity contribution in [1.29, 1.82) is 0 Å². The van der Waals surface area contributed by atoms with E-state index in [4.69, 9.17) is 5.73 Å². The van der Waals surface area contributed by atoms with Gasteiger partial charge in [-0.1, -0.05) is 12.1 Å². The van der Waals surface area contributed by atoms with Gasteiger partial charge < -0.3 is 5.73 Å². The molecule has 2 rings (SSSR count). The number of alkyl halides is 3. The molecule has 0 spiro atoms. The van der Waals surface area contributed by atoms with Crippen molar-refractivity contribution in [3.8, 4) is 0 Å². The Bertz CT molecular complexity index is 769. The van der Waals surface area contributed by atoms with E-state index in [2.05, 4.69) is 0 Å². The summed E-state index contributed by atoms with van der Waals surface area (Å²) in [7, 11) is -3.94. The quantitative estimate of drug-likeness (QED) is 0.682. The molecular weight excluding hydrogens is 334 g/mol. The van der Waals surface area contributed by atoms with Gasteiger partial charge >= 0.3 is 6.18 Å². The van der Waals surface area contributed by atoms with Crippen LogP contribution in [0.25, 0.3) is 0 Å². The van der Waals surface area contributed by atoms with Crippen LogP contribution in [0, 0.1) is 5.82 Å². The Morgan fingerprint density at radius 2 is 1.48 bits per heavy atom. The van der Waals surface area contributed by atoms with Crippen molar-refractivity contribution in [2.24, 2.45) is 5.73 Å². The van der Waals surface area contributed by atoms with Gasteiger partial charge in [0.1, 0.15) is 11.1 Å². The zero-order chi connectivity index (χ0) is 17.3. The van der Waals surface area contributed by atoms with Crippen molar-refractivity contribution >= 4 is 9.84 Å². The van der Waals surface area contributed by atoms with Gasteiger partial charge in [0.2, 0.25) is 0 Å². The van der Waals surface area contributed by atoms with Gasteiger partial charge in [-0.2, -0.15) is 13.2 Å². The van der Waals surface area contributed by atoms with Gasteiger partial charge in [-0.15, -0.1) is 0 Å². The largest absolute Gasteiger partial charge is 0.416 e. The van der Waals surface area contributed by atoms with Crippen LogP contribution in [-0.2, 0) is 16.0 Å². The Morgan fingerprint density at radius 3 is 1.91 bits per heavy atom. The SMILES string of the molecule is NC[C@@H](c1ccc(C(F)(F)F)cc1)S(=O)(=O)c1ccc(F)cc1. The molecule has 8 heteroatoms. The van der Waals surface area contributed by atoms with Crippen molar-refractivity contribution < 1.29 is 26.0 Å². The highest BCUT2D eigenvalue weighted by Crippen LogP contribution is 2.32. The number of rotatable bonds is 4. The number of hydrogen-bond donors (Lipinski definition) is 1. The number of halogens is 4. The maximum Gasteiger partial charge on any atom is 0.416 e. The Hall–Kier alpha value is -1.93. The van der Waals surface area contributed by atoms with E-state index >= 15 is 0 Å². The van der Waals surface area contributed by atoms with Crippen LogP contribution in [0.4, 0.5) is 17.6 Å². The van der Waals surface area contributed by atoms with E-state index in [1.807, 2.05) is 0 Å². The van der Waals surface area contributed by atoms with Gasteiger partial charge in [0.05, 0.1) is 10.5 Å². The molecule has 0 saturated carbocycles. The zero-order valence-electron chi connectivity index (χ0n) is 11.7. The van der Waals surface area contributed by atoms with Crippen molar-refractivity contribution in [3.63, 3.8) is 0 Å². The third-order valence-corrected chi connectivity index (χ3v) is 5.48. The fourth-order valence-electron chi connectivity index (χ4n) is 2.12. The Balaban J connectivity index is 2.41. The van der Waals surface area contributed by atoms with Crippen LogP contribution in [0.2, 0.25) is 0 Å². The van der Waals surface area contributed by atoms with Crippen molar-refractivity contribution in [2.75, 3.05) is 6.54 Å². The van der Waals surface area contributed by atoms with Gasteiger partial charge in [0, 0.05) is 6.54 Å². The van der Waals surface area contributed by atoms with E-state index in [0.29, 0.717) is 0 Å². The molecule has 2 aromatic rings. The normalized spacial score (nSPS) is 13.8. The first-order valence-electron chi connectivity index (χ1n) is 6.53. The molecule has 0 radical (unpaired) electrons. The minimum atomic E-state index is -4.51. The first kappa shape index (κ1) is 17.4. The standard InChI is InChI=1S/C15H13F4NO2S/c16-12-5-7-13(8-6-12)23(21,22)14(9-20)10-1-3-11(4-2-10)15(17,18)19/h1-8,14H,9,20H2/t14-/m0/s1. The lowest BCUT2D eigenvalue weighted by atomic mass is 10.1. The Labute approximate surface area is 130 Å². The fourth-order valence-corrected chi connectivity index (χ4v) is 3.73. The molecule has 2 N–H and O–H groups in total. The lowest BCUT2D eigenvalue weighted by Crippen LogP contribution is -2.22. The summed E-state index contributed by atoms with van der Waals surface area (Å²) in [4.78, 5) is -0.144. The van der Waals surface area contributed by atoms with Crippen LogP contribution < -0.4 is 5.73 Å². The summed E-state index contributed by atoms with van der Waals surface area (Å²) in [5.74, 6) is -0.595. The highest BCUT2D eigenvalue weighted by molar-refractivity contribution is 7.91. The molecule has 2 aromatic carbocycles. The smallest absolute Gasteiger partial charge is 0.329 e. The number of nitrogens with two attached hydrogens (primary N) is 1. The average Bonchev–Trinajstić information content (AvgIpc) is 2.48. The maximum atomic E-state index is 12.9. The van der Waals surface area contributed by atoms with Crippen LogP contribution in [0.15, 0.2) is 53.4 Å². The molecule has 23 heavy (non-hydrogen) atoms. The molecule has 0 bridgehead atoms. The molecular formula is C15H13F4NO2S. The van der Waals surface area contributed by atoms with Gasteiger partial charge in [0.25, 0.3) is 0 Å². The number of hydrogen-bond acceptors (Lipinski definition) is 3. The van der Waals surface area contributed by atoms with Crippen LogP contribution in [0.5, 0.6) is 0 Å². The first-order chi connectivity index (χ1) is 10.7. The maximum absolute atomic E-state index is 12.9. The van der Waals surface area contributed by atoms with Crippen LogP contribution in [-0.4, -0.2) is 15.0 Å². The third kappa shape index (κ3) is 3.70. The second-order valence-corrected chi connectivity index (χ2v) is 6.97. The van der Waals surface area contributed by atoms with Crippen molar-refractivity contribution in [2.45, 2.75) is 16.3 Å². The minimum absolute atomic E-state index is 0.143. The van der Waals surface area contributed by atoms with Crippen molar-refractivity contribution in [1.82, 2.24) is 0 Å². The molecule has 0 unspecified atom stereocenters. The molecule has 124 valence electrons. The predicted octanol–water partition coefficient (Wildman–Crippen LogP) is 3.32. The van der Waals surface area contributed by atoms with Gasteiger partial charge in [0.15, 0.2) is 9.84 Å². The second kappa shape index (κ2) is 6.29. The Morgan fingerprint density at radius 1 is 0.957 bits per heavy atom. The molecule has 1 atom stereocenters. The van der Waals surface area contributed by atoms with Gasteiger partial charge in [-0.3, -0.25) is 0 Å². The number of benzene rings is 2. The van der Waals surface area contributed by atoms with Crippen LogP contribution >= 0.6 is 0 Å². The highest BCUT2D eigenvalue weighted by atomic mass is 32.2. The molecule has 0 heterocycles. The van der Waals surface area contributed by atoms with E-state index in [1.54, 1.807) is 0 Å². The van der Waals surface area contributed by atoms with Crippen LogP contribution in [0.3, 0.4) is 0 Å². The first-order valence-corrected chi connectivity index (χ1v) is 8.07. The van der Waals surface area contributed by atoms with Crippen LogP contribution in [0.1, 0.15) is 16.4 Å². The molecule has 0 aliphatic heterocycles. The molecule has 3 nitrogen and oxygen atoms in total. The summed E-state index contributed by atoms with van der Waals surface area (Å²) >= 11 is 0. The molecule has 0 amide bonds. The van der Waals surface area contributed by atoms with Crippen molar-refractivity contribution in [3.05, 3.63) is 65.5 Å². The molecule has 0 aromatic heterocycles. The van der Waals surface area contributed by atoms with E-state index in [0.717, 1.165) is 48.5 Å². The van der Waals surface area contributed by atoms with E-state index in [9.17, 15) is 26.0 Å². The average molecular weight is 347 g/mol. The lowest BCUT2D eigenvalue weighted by Gasteiger charge is -2.17. The van der Waals surface area contributed by atoms with E-state index < -0.39 is 32.6 Å². The second-order valence-electron chi connectivity index (χ2n) is 4.84. The molecule has 0 saturated heterocycles. The van der Waals surface area contributed by atoms with E-state index in [1.165, 1.54) is 0 Å². The molecule has 0 aliphatic rings. The highest BCUT2D eigenvalue weighted by Gasteiger charge is 2.32. The minimum Gasteiger partial charge on any atom is -0.329 e. The zero-order valence-corrected chi connectivity index (χ0v) is 12.5. The Kier molecular flexibility index (Phi) is 4.76. The predicted molar refractivity (Wildman–Crippen MR) is 76.8 cm³/mol. The van der Waals surface area contributed by atoms with Gasteiger partial charge in [-0.25, -0.2) is 12.8 Å². The van der Waals surface area contributed by atoms with Gasteiger partial charge in [-0.05, 0) is 42.0 Å². The third-order valence-electron chi connectivity index (χ3n) is 3.34. The molecule has 0 aliphatic carbocycles. The topological polar surface area (TPSA) is 60.2 Å². The van der Waals surface area contributed by atoms with E-state index in [-0.39, 0.29) is 17.0 Å². The summed E-state index contributed by atoms with van der Waals surface area (Å²) in [6, 6.07) is 7.95. The monoisotopic (exact) mass is 347 g/mol. The number of sulfone groups is 1. The summed E-state index contributed by atoms with van der Waals surface area (Å²) < 4.78 is 75.7. The fraction of sp³-hybridized carbons (Fsp3) is 0.200. The lowest BCUT2D eigenvalue weighted by molar-refractivity contribution is -0.137.